The second kappa shape index (κ2) is 6.58. The van der Waals surface area contributed by atoms with Crippen LogP contribution >= 0.6 is 0 Å². The molecule has 3 rings (SSSR count). The summed E-state index contributed by atoms with van der Waals surface area (Å²) < 4.78 is 11.6. The van der Waals surface area contributed by atoms with Gasteiger partial charge >= 0.3 is 11.9 Å². The second-order valence-electron chi connectivity index (χ2n) is 5.30. The minimum Gasteiger partial charge on any atom is -0.465 e. The summed E-state index contributed by atoms with van der Waals surface area (Å²) in [6.07, 6.45) is 0. The Labute approximate surface area is 139 Å². The maximum Gasteiger partial charge on any atom is 0.355 e. The summed E-state index contributed by atoms with van der Waals surface area (Å²) in [5.74, 6) is -1.12. The molecular formula is C19H17NO4. The smallest absolute Gasteiger partial charge is 0.355 e. The molecule has 0 aliphatic carbocycles. The molecule has 0 saturated heterocycles. The molecule has 5 heteroatoms. The first-order chi connectivity index (χ1) is 11.7. The van der Waals surface area contributed by atoms with Crippen LogP contribution < -0.4 is 0 Å². The number of nitrogens with zero attached hydrogens (tertiary/aromatic N) is 1. The molecule has 0 fully saturated rings. The van der Waals surface area contributed by atoms with Crippen molar-refractivity contribution in [2.75, 3.05) is 14.2 Å². The fourth-order valence-corrected chi connectivity index (χ4v) is 2.85. The predicted molar refractivity (Wildman–Crippen MR) is 90.2 cm³/mol. The zero-order valence-electron chi connectivity index (χ0n) is 13.5. The van der Waals surface area contributed by atoms with Gasteiger partial charge in [-0.05, 0) is 11.6 Å². The molecule has 1 heterocycles. The minimum atomic E-state index is -0.567. The van der Waals surface area contributed by atoms with Gasteiger partial charge in [-0.15, -0.1) is 0 Å². The molecule has 24 heavy (non-hydrogen) atoms. The summed E-state index contributed by atoms with van der Waals surface area (Å²) >= 11 is 0. The van der Waals surface area contributed by atoms with Crippen molar-refractivity contribution in [2.45, 2.75) is 6.54 Å². The number of carbonyl (C=O) groups excluding carboxylic acids is 2. The van der Waals surface area contributed by atoms with Gasteiger partial charge in [-0.3, -0.25) is 0 Å². The number of esters is 2. The topological polar surface area (TPSA) is 57.5 Å². The average Bonchev–Trinajstić information content (AvgIpc) is 2.95. The Bertz CT molecular complexity index is 896. The Kier molecular flexibility index (Phi) is 4.33. The first-order valence-electron chi connectivity index (χ1n) is 7.49. The van der Waals surface area contributed by atoms with Crippen LogP contribution in [0.15, 0.2) is 54.6 Å². The first-order valence-corrected chi connectivity index (χ1v) is 7.49. The first kappa shape index (κ1) is 15.8. The van der Waals surface area contributed by atoms with Crippen molar-refractivity contribution in [3.8, 4) is 0 Å². The van der Waals surface area contributed by atoms with E-state index in [0.29, 0.717) is 11.9 Å². The number of aromatic nitrogens is 1. The largest absolute Gasteiger partial charge is 0.465 e. The van der Waals surface area contributed by atoms with Crippen LogP contribution in [0.2, 0.25) is 0 Å². The van der Waals surface area contributed by atoms with Crippen molar-refractivity contribution in [2.24, 2.45) is 0 Å². The zero-order chi connectivity index (χ0) is 17.1. The highest BCUT2D eigenvalue weighted by Gasteiger charge is 2.28. The van der Waals surface area contributed by atoms with Crippen LogP contribution in [0.5, 0.6) is 0 Å². The van der Waals surface area contributed by atoms with Gasteiger partial charge in [0.15, 0.2) is 0 Å². The molecule has 0 aliphatic heterocycles. The lowest BCUT2D eigenvalue weighted by molar-refractivity contribution is 0.0549. The molecule has 0 atom stereocenters. The molecular weight excluding hydrogens is 306 g/mol. The third-order valence-corrected chi connectivity index (χ3v) is 3.92. The average molecular weight is 323 g/mol. The van der Waals surface area contributed by atoms with E-state index >= 15 is 0 Å². The monoisotopic (exact) mass is 323 g/mol. The Balaban J connectivity index is 2.29. The fourth-order valence-electron chi connectivity index (χ4n) is 2.85. The normalized spacial score (nSPS) is 10.6. The van der Waals surface area contributed by atoms with Crippen LogP contribution in [0.4, 0.5) is 0 Å². The highest BCUT2D eigenvalue weighted by molar-refractivity contribution is 6.13. The van der Waals surface area contributed by atoms with E-state index in [9.17, 15) is 9.59 Å². The molecule has 0 N–H and O–H groups in total. The number of rotatable bonds is 4. The number of fused-ring (bicyclic) bond motifs is 1. The Hall–Kier alpha value is -3.08. The molecule has 0 amide bonds. The van der Waals surface area contributed by atoms with Crippen molar-refractivity contribution in [1.82, 2.24) is 4.57 Å². The number of para-hydroxylation sites is 1. The third kappa shape index (κ3) is 2.65. The van der Waals surface area contributed by atoms with Gasteiger partial charge in [-0.25, -0.2) is 9.59 Å². The van der Waals surface area contributed by atoms with Crippen LogP contribution in [0.1, 0.15) is 26.4 Å². The lowest BCUT2D eigenvalue weighted by atomic mass is 10.1. The van der Waals surface area contributed by atoms with Crippen LogP contribution in [-0.2, 0) is 16.0 Å². The number of benzene rings is 2. The van der Waals surface area contributed by atoms with Gasteiger partial charge in [0.05, 0.1) is 14.2 Å². The molecule has 1 aromatic heterocycles. The summed E-state index contributed by atoms with van der Waals surface area (Å²) in [6.45, 7) is 0.447. The molecule has 122 valence electrons. The molecule has 0 radical (unpaired) electrons. The second-order valence-corrected chi connectivity index (χ2v) is 5.30. The van der Waals surface area contributed by atoms with E-state index in [0.717, 1.165) is 11.1 Å². The summed E-state index contributed by atoms with van der Waals surface area (Å²) in [7, 11) is 2.60. The van der Waals surface area contributed by atoms with Crippen molar-refractivity contribution in [3.05, 3.63) is 71.4 Å². The standard InChI is InChI=1S/C19H17NO4/c1-23-18(21)16-14-10-6-7-11-15(14)20(17(16)19(22)24-2)12-13-8-4-3-5-9-13/h3-11H,12H2,1-2H3. The lowest BCUT2D eigenvalue weighted by Gasteiger charge is -2.10. The third-order valence-electron chi connectivity index (χ3n) is 3.92. The molecule has 0 aliphatic rings. The number of carbonyl (C=O) groups is 2. The van der Waals surface area contributed by atoms with Crippen molar-refractivity contribution < 1.29 is 19.1 Å². The van der Waals surface area contributed by atoms with E-state index in [1.54, 1.807) is 10.6 Å². The van der Waals surface area contributed by atoms with Crippen molar-refractivity contribution >= 4 is 22.8 Å². The SMILES string of the molecule is COC(=O)c1c(C(=O)OC)n(Cc2ccccc2)c2ccccc12. The maximum absolute atomic E-state index is 12.4. The van der Waals surface area contributed by atoms with E-state index in [2.05, 4.69) is 0 Å². The number of methoxy groups -OCH3 is 2. The van der Waals surface area contributed by atoms with E-state index in [4.69, 9.17) is 9.47 Å². The fraction of sp³-hybridized carbons (Fsp3) is 0.158. The highest BCUT2D eigenvalue weighted by atomic mass is 16.5. The summed E-state index contributed by atoms with van der Waals surface area (Å²) in [4.78, 5) is 24.7. The molecule has 0 spiro atoms. The predicted octanol–water partition coefficient (Wildman–Crippen LogP) is 3.26. The highest BCUT2D eigenvalue weighted by Crippen LogP contribution is 2.28. The van der Waals surface area contributed by atoms with Gasteiger partial charge in [0.1, 0.15) is 11.3 Å². The summed E-state index contributed by atoms with van der Waals surface area (Å²) in [6, 6.07) is 17.1. The van der Waals surface area contributed by atoms with Crippen molar-refractivity contribution in [1.29, 1.82) is 0 Å². The molecule has 2 aromatic carbocycles. The molecule has 0 bridgehead atoms. The van der Waals surface area contributed by atoms with Gasteiger partial charge < -0.3 is 14.0 Å². The van der Waals surface area contributed by atoms with Gasteiger partial charge in [-0.2, -0.15) is 0 Å². The molecule has 5 nitrogen and oxygen atoms in total. The minimum absolute atomic E-state index is 0.203. The van der Waals surface area contributed by atoms with Gasteiger partial charge in [0.2, 0.25) is 0 Å². The van der Waals surface area contributed by atoms with Gasteiger partial charge in [0, 0.05) is 17.4 Å². The quantitative estimate of drug-likeness (QED) is 0.692. The number of hydrogen-bond donors (Lipinski definition) is 0. The Morgan fingerprint density at radius 2 is 1.50 bits per heavy atom. The molecule has 0 saturated carbocycles. The number of ether oxygens (including phenoxy) is 2. The molecule has 3 aromatic rings. The van der Waals surface area contributed by atoms with E-state index in [1.807, 2.05) is 48.5 Å². The lowest BCUT2D eigenvalue weighted by Crippen LogP contribution is -2.16. The van der Waals surface area contributed by atoms with Crippen molar-refractivity contribution in [3.63, 3.8) is 0 Å². The zero-order valence-corrected chi connectivity index (χ0v) is 13.5. The summed E-state index contributed by atoms with van der Waals surface area (Å²) in [5, 5.41) is 0.667. The van der Waals surface area contributed by atoms with E-state index < -0.39 is 11.9 Å². The number of hydrogen-bond acceptors (Lipinski definition) is 4. The Morgan fingerprint density at radius 1 is 0.875 bits per heavy atom. The van der Waals surface area contributed by atoms with Crippen LogP contribution in [-0.4, -0.2) is 30.7 Å². The van der Waals surface area contributed by atoms with E-state index in [1.165, 1.54) is 14.2 Å². The van der Waals surface area contributed by atoms with Crippen LogP contribution in [0.25, 0.3) is 10.9 Å². The summed E-state index contributed by atoms with van der Waals surface area (Å²) in [5.41, 5.74) is 2.23. The van der Waals surface area contributed by atoms with Crippen LogP contribution in [0, 0.1) is 0 Å². The van der Waals surface area contributed by atoms with Crippen LogP contribution in [0.3, 0.4) is 0 Å². The van der Waals surface area contributed by atoms with Gasteiger partial charge in [-0.1, -0.05) is 48.5 Å². The van der Waals surface area contributed by atoms with Gasteiger partial charge in [0.25, 0.3) is 0 Å². The molecule has 0 unspecified atom stereocenters. The van der Waals surface area contributed by atoms with E-state index in [-0.39, 0.29) is 11.3 Å². The maximum atomic E-state index is 12.4. The Morgan fingerprint density at radius 3 is 2.17 bits per heavy atom.